The second-order valence-corrected chi connectivity index (χ2v) is 6.49. The third kappa shape index (κ3) is 3.74. The minimum absolute atomic E-state index is 0.108. The van der Waals surface area contributed by atoms with Gasteiger partial charge in [0.05, 0.1) is 20.8 Å². The van der Waals surface area contributed by atoms with Crippen molar-refractivity contribution in [1.82, 2.24) is 4.90 Å². The summed E-state index contributed by atoms with van der Waals surface area (Å²) in [6, 6.07) is 7.20. The van der Waals surface area contributed by atoms with Gasteiger partial charge in [0.25, 0.3) is 0 Å². The van der Waals surface area contributed by atoms with Crippen molar-refractivity contribution in [3.05, 3.63) is 50.1 Å². The normalized spacial score (nSPS) is 15.5. The first-order chi connectivity index (χ1) is 10.9. The van der Waals surface area contributed by atoms with Crippen molar-refractivity contribution in [3.63, 3.8) is 0 Å². The highest BCUT2D eigenvalue weighted by Crippen LogP contribution is 2.38. The van der Waals surface area contributed by atoms with Crippen LogP contribution in [0.4, 0.5) is 5.69 Å². The summed E-state index contributed by atoms with van der Waals surface area (Å²) >= 11 is 18.3. The van der Waals surface area contributed by atoms with Crippen LogP contribution in [0.15, 0.2) is 35.1 Å². The lowest BCUT2D eigenvalue weighted by Crippen LogP contribution is -2.19. The van der Waals surface area contributed by atoms with Crippen molar-refractivity contribution in [1.29, 1.82) is 10.5 Å². The Labute approximate surface area is 150 Å². The lowest BCUT2D eigenvalue weighted by atomic mass is 10.1. The van der Waals surface area contributed by atoms with Gasteiger partial charge in [-0.15, -0.1) is 0 Å². The average Bonchev–Trinajstić information content (AvgIpc) is 2.87. The van der Waals surface area contributed by atoms with Crippen LogP contribution in [0, 0.1) is 22.7 Å². The highest BCUT2D eigenvalue weighted by Gasteiger charge is 2.27. The number of halogens is 3. The first kappa shape index (κ1) is 17.5. The molecular weight excluding hydrogens is 355 g/mol. The van der Waals surface area contributed by atoms with Gasteiger partial charge >= 0.3 is 0 Å². The van der Waals surface area contributed by atoms with Crippen LogP contribution in [0.3, 0.4) is 0 Å². The molecule has 2 rings (SSSR count). The van der Waals surface area contributed by atoms with E-state index in [9.17, 15) is 10.5 Å². The highest BCUT2D eigenvalue weighted by atomic mass is 35.5. The summed E-state index contributed by atoms with van der Waals surface area (Å²) in [7, 11) is 3.77. The second-order valence-electron chi connectivity index (χ2n) is 5.27. The van der Waals surface area contributed by atoms with Gasteiger partial charge < -0.3 is 9.80 Å². The average molecular weight is 368 g/mol. The molecule has 1 heterocycles. The molecule has 0 amide bonds. The van der Waals surface area contributed by atoms with E-state index in [4.69, 9.17) is 34.8 Å². The molecule has 4 nitrogen and oxygen atoms in total. The molecule has 0 saturated carbocycles. The monoisotopic (exact) mass is 366 g/mol. The zero-order valence-corrected chi connectivity index (χ0v) is 14.8. The van der Waals surface area contributed by atoms with Crippen molar-refractivity contribution >= 4 is 40.5 Å². The van der Waals surface area contributed by atoms with Crippen LogP contribution < -0.4 is 4.90 Å². The molecule has 118 valence electrons. The second kappa shape index (κ2) is 7.15. The summed E-state index contributed by atoms with van der Waals surface area (Å²) in [4.78, 5) is 3.84. The Morgan fingerprint density at radius 3 is 2.26 bits per heavy atom. The van der Waals surface area contributed by atoms with Gasteiger partial charge in [0, 0.05) is 39.0 Å². The van der Waals surface area contributed by atoms with Gasteiger partial charge in [0.2, 0.25) is 0 Å². The van der Waals surface area contributed by atoms with E-state index < -0.39 is 0 Å². The standard InChI is InChI=1S/C16H13Cl3N4/c1-22(2)7-11-8-23(9-12(11)10(5-20)6-21)16-4-14(18)13(17)3-15(16)19/h3-4,7H,8-9H2,1-2H3/b11-7-. The predicted molar refractivity (Wildman–Crippen MR) is 93.7 cm³/mol. The lowest BCUT2D eigenvalue weighted by molar-refractivity contribution is 0.559. The lowest BCUT2D eigenvalue weighted by Gasteiger charge is -2.19. The number of benzene rings is 1. The maximum Gasteiger partial charge on any atom is 0.135 e. The van der Waals surface area contributed by atoms with Crippen LogP contribution >= 0.6 is 34.8 Å². The molecule has 0 spiro atoms. The zero-order chi connectivity index (χ0) is 17.1. The van der Waals surface area contributed by atoms with Crippen LogP contribution in [0.25, 0.3) is 0 Å². The number of hydrogen-bond donors (Lipinski definition) is 0. The highest BCUT2D eigenvalue weighted by molar-refractivity contribution is 6.44. The fraction of sp³-hybridized carbons (Fsp3) is 0.250. The minimum atomic E-state index is 0.108. The molecule has 7 heteroatoms. The Balaban J connectivity index is 2.50. The summed E-state index contributed by atoms with van der Waals surface area (Å²) in [5, 5.41) is 19.6. The minimum Gasteiger partial charge on any atom is -0.383 e. The maximum absolute atomic E-state index is 9.18. The molecular formula is C16H13Cl3N4. The van der Waals surface area contributed by atoms with E-state index in [1.807, 2.05) is 42.2 Å². The number of allylic oxidation sites excluding steroid dienone is 1. The summed E-state index contributed by atoms with van der Waals surface area (Å²) < 4.78 is 0. The van der Waals surface area contributed by atoms with Gasteiger partial charge in [0.15, 0.2) is 0 Å². The van der Waals surface area contributed by atoms with Crippen LogP contribution in [0.2, 0.25) is 15.1 Å². The van der Waals surface area contributed by atoms with Crippen LogP contribution in [-0.2, 0) is 0 Å². The van der Waals surface area contributed by atoms with E-state index in [0.29, 0.717) is 33.7 Å². The quantitative estimate of drug-likeness (QED) is 0.579. The molecule has 1 aromatic rings. The van der Waals surface area contributed by atoms with E-state index in [-0.39, 0.29) is 5.57 Å². The molecule has 23 heavy (non-hydrogen) atoms. The Bertz CT molecular complexity index is 766. The van der Waals surface area contributed by atoms with Crippen molar-refractivity contribution in [2.75, 3.05) is 32.1 Å². The molecule has 0 radical (unpaired) electrons. The molecule has 1 aliphatic rings. The Hall–Kier alpha value is -1.85. The van der Waals surface area contributed by atoms with Crippen molar-refractivity contribution < 1.29 is 0 Å². The van der Waals surface area contributed by atoms with Gasteiger partial charge in [-0.2, -0.15) is 10.5 Å². The maximum atomic E-state index is 9.18. The van der Waals surface area contributed by atoms with E-state index in [0.717, 1.165) is 11.3 Å². The molecule has 1 aliphatic heterocycles. The molecule has 1 saturated heterocycles. The number of anilines is 1. The Morgan fingerprint density at radius 1 is 1.09 bits per heavy atom. The van der Waals surface area contributed by atoms with Crippen LogP contribution in [0.5, 0.6) is 0 Å². The first-order valence-electron chi connectivity index (χ1n) is 6.67. The van der Waals surface area contributed by atoms with Crippen molar-refractivity contribution in [3.8, 4) is 12.1 Å². The fourth-order valence-electron chi connectivity index (χ4n) is 2.40. The molecule has 1 aromatic carbocycles. The van der Waals surface area contributed by atoms with E-state index in [2.05, 4.69) is 0 Å². The summed E-state index contributed by atoms with van der Waals surface area (Å²) in [5.41, 5.74) is 2.42. The van der Waals surface area contributed by atoms with E-state index >= 15 is 0 Å². The zero-order valence-electron chi connectivity index (χ0n) is 12.6. The summed E-state index contributed by atoms with van der Waals surface area (Å²) in [5.74, 6) is 0. The van der Waals surface area contributed by atoms with Crippen molar-refractivity contribution in [2.45, 2.75) is 0 Å². The molecule has 0 N–H and O–H groups in total. The number of nitrogens with zero attached hydrogens (tertiary/aromatic N) is 4. The SMILES string of the molecule is CN(C)/C=C1/CN(c2cc(Cl)c(Cl)cc2Cl)CC1=C(C#N)C#N. The van der Waals surface area contributed by atoms with Crippen molar-refractivity contribution in [2.24, 2.45) is 0 Å². The molecule has 0 bridgehead atoms. The Kier molecular flexibility index (Phi) is 5.44. The molecule has 0 aliphatic carbocycles. The van der Waals surface area contributed by atoms with E-state index in [1.54, 1.807) is 12.1 Å². The third-order valence-electron chi connectivity index (χ3n) is 3.37. The van der Waals surface area contributed by atoms with Crippen LogP contribution in [-0.4, -0.2) is 32.1 Å². The molecule has 1 fully saturated rings. The Morgan fingerprint density at radius 2 is 1.70 bits per heavy atom. The topological polar surface area (TPSA) is 54.1 Å². The van der Waals surface area contributed by atoms with E-state index in [1.165, 1.54) is 0 Å². The van der Waals surface area contributed by atoms with Gasteiger partial charge in [-0.1, -0.05) is 34.8 Å². The number of hydrogen-bond acceptors (Lipinski definition) is 4. The van der Waals surface area contributed by atoms with Crippen LogP contribution in [0.1, 0.15) is 0 Å². The van der Waals surface area contributed by atoms with Gasteiger partial charge in [-0.25, -0.2) is 0 Å². The fourth-order valence-corrected chi connectivity index (χ4v) is 3.06. The molecule has 0 aromatic heterocycles. The summed E-state index contributed by atoms with van der Waals surface area (Å²) in [6.07, 6.45) is 1.90. The first-order valence-corrected chi connectivity index (χ1v) is 7.81. The number of rotatable bonds is 2. The summed E-state index contributed by atoms with van der Waals surface area (Å²) in [6.45, 7) is 0.936. The van der Waals surface area contributed by atoms with Gasteiger partial charge in [0.1, 0.15) is 17.7 Å². The smallest absolute Gasteiger partial charge is 0.135 e. The molecule has 0 atom stereocenters. The molecule has 0 unspecified atom stereocenters. The van der Waals surface area contributed by atoms with Gasteiger partial charge in [-0.05, 0) is 17.7 Å². The third-order valence-corrected chi connectivity index (χ3v) is 4.39. The largest absolute Gasteiger partial charge is 0.383 e. The predicted octanol–water partition coefficient (Wildman–Crippen LogP) is 4.26. The number of nitriles is 2. The van der Waals surface area contributed by atoms with Gasteiger partial charge in [-0.3, -0.25) is 0 Å².